The Balaban J connectivity index is 0.00000210. The number of amides is 1. The van der Waals surface area contributed by atoms with Crippen molar-refractivity contribution in [1.82, 2.24) is 9.55 Å². The first-order valence-electron chi connectivity index (χ1n) is 12.0. The summed E-state index contributed by atoms with van der Waals surface area (Å²) in [7, 11) is 6.01. The van der Waals surface area contributed by atoms with Crippen molar-refractivity contribution in [3.63, 3.8) is 0 Å². The maximum Gasteiger partial charge on any atom is 0.255 e. The number of halogens is 2. The summed E-state index contributed by atoms with van der Waals surface area (Å²) >= 11 is 0. The highest BCUT2D eigenvalue weighted by Gasteiger charge is 2.10. The van der Waals surface area contributed by atoms with Gasteiger partial charge in [-0.25, -0.2) is 0 Å². The zero-order valence-corrected chi connectivity index (χ0v) is 23.4. The third-order valence-electron chi connectivity index (χ3n) is 6.06. The number of aromatic nitrogens is 2. The summed E-state index contributed by atoms with van der Waals surface area (Å²) in [4.78, 5) is 19.4. The maximum atomic E-state index is 12.9. The second kappa shape index (κ2) is 13.0. The lowest BCUT2D eigenvalue weighted by Crippen LogP contribution is -3.00. The van der Waals surface area contributed by atoms with Crippen LogP contribution in [0.5, 0.6) is 0 Å². The molecule has 0 aliphatic heterocycles. The van der Waals surface area contributed by atoms with Crippen LogP contribution in [0.4, 0.5) is 34.1 Å². The van der Waals surface area contributed by atoms with Crippen LogP contribution in [0.2, 0.25) is 0 Å². The zero-order chi connectivity index (χ0) is 25.8. The van der Waals surface area contributed by atoms with E-state index in [1.807, 2.05) is 111 Å². The fourth-order valence-corrected chi connectivity index (χ4v) is 4.01. The van der Waals surface area contributed by atoms with Gasteiger partial charge in [-0.15, -0.1) is 12.4 Å². The number of carbonyl (C=O) groups excluding carboxylic acids is 1. The van der Waals surface area contributed by atoms with Crippen LogP contribution in [-0.2, 0) is 7.05 Å². The average molecular weight is 562 g/mol. The lowest BCUT2D eigenvalue weighted by Gasteiger charge is -2.15. The summed E-state index contributed by atoms with van der Waals surface area (Å²) in [6.45, 7) is 0. The fourth-order valence-electron chi connectivity index (χ4n) is 4.01. The smallest absolute Gasteiger partial charge is 0.255 e. The Labute approximate surface area is 240 Å². The van der Waals surface area contributed by atoms with Crippen molar-refractivity contribution in [2.45, 2.75) is 0 Å². The quantitative estimate of drug-likeness (QED) is 0.261. The van der Waals surface area contributed by atoms with Gasteiger partial charge in [0, 0.05) is 67.5 Å². The molecule has 7 nitrogen and oxygen atoms in total. The Morgan fingerprint density at radius 1 is 0.897 bits per heavy atom. The summed E-state index contributed by atoms with van der Waals surface area (Å²) in [5, 5.41) is 10.8. The minimum absolute atomic E-state index is 0. The highest BCUT2D eigenvalue weighted by molar-refractivity contribution is 6.05. The molecule has 2 heterocycles. The zero-order valence-electron chi connectivity index (χ0n) is 21.9. The standard InChI is InChI=1S/C30H28N6O.2ClH/c1-35(2)26-11-12-28-27(20-26)29(13-16-31-28)33-22-9-7-21(8-10-22)30(37)34-25-6-4-5-24(19-25)32-23-14-17-36(3)18-15-23;;/h4-20,32H,1-3H3,(H-,31,33,34,37);2*1H. The van der Waals surface area contributed by atoms with E-state index in [1.165, 1.54) is 0 Å². The van der Waals surface area contributed by atoms with E-state index < -0.39 is 0 Å². The molecule has 1 amide bonds. The second-order valence-corrected chi connectivity index (χ2v) is 9.07. The van der Waals surface area contributed by atoms with Gasteiger partial charge in [-0.2, -0.15) is 0 Å². The van der Waals surface area contributed by atoms with Crippen LogP contribution in [0.25, 0.3) is 10.9 Å². The molecule has 9 heteroatoms. The molecular weight excluding hydrogens is 531 g/mol. The van der Waals surface area contributed by atoms with Crippen LogP contribution >= 0.6 is 12.4 Å². The van der Waals surface area contributed by atoms with E-state index in [9.17, 15) is 4.79 Å². The lowest BCUT2D eigenvalue weighted by molar-refractivity contribution is -0.0000152. The predicted octanol–water partition coefficient (Wildman–Crippen LogP) is 4.09. The lowest BCUT2D eigenvalue weighted by atomic mass is 10.1. The molecule has 5 rings (SSSR count). The molecule has 3 N–H and O–H groups in total. The number of benzene rings is 3. The number of aryl methyl sites for hydroxylation is 1. The van der Waals surface area contributed by atoms with E-state index >= 15 is 0 Å². The second-order valence-electron chi connectivity index (χ2n) is 9.07. The molecule has 0 aliphatic carbocycles. The third kappa shape index (κ3) is 7.16. The third-order valence-corrected chi connectivity index (χ3v) is 6.06. The molecule has 3 aromatic carbocycles. The van der Waals surface area contributed by atoms with Crippen molar-refractivity contribution in [3.05, 3.63) is 109 Å². The minimum Gasteiger partial charge on any atom is -1.00 e. The van der Waals surface area contributed by atoms with Gasteiger partial charge in [0.25, 0.3) is 5.91 Å². The SMILES string of the molecule is CN(C)c1ccc2nccc(Nc3ccc(C(=O)Nc4cccc(N[c+]5ccn(C)cc5)c4)cc3)c2c1.Cl.[Cl-]. The Morgan fingerprint density at radius 3 is 2.33 bits per heavy atom. The van der Waals surface area contributed by atoms with Crippen molar-refractivity contribution in [1.29, 1.82) is 0 Å². The largest absolute Gasteiger partial charge is 1.00 e. The average Bonchev–Trinajstić information content (AvgIpc) is 2.90. The monoisotopic (exact) mass is 560 g/mol. The van der Waals surface area contributed by atoms with E-state index in [-0.39, 0.29) is 30.7 Å². The first-order valence-corrected chi connectivity index (χ1v) is 12.0. The molecule has 0 spiro atoms. The summed E-state index contributed by atoms with van der Waals surface area (Å²) in [6, 6.07) is 27.3. The predicted molar refractivity (Wildman–Crippen MR) is 161 cm³/mol. The normalized spacial score (nSPS) is 10.1. The van der Waals surface area contributed by atoms with Gasteiger partial charge in [-0.3, -0.25) is 19.7 Å². The number of anilines is 6. The Morgan fingerprint density at radius 2 is 1.62 bits per heavy atom. The number of hydrogen-bond donors (Lipinski definition) is 3. The summed E-state index contributed by atoms with van der Waals surface area (Å²) in [5.41, 5.74) is 7.05. The van der Waals surface area contributed by atoms with Gasteiger partial charge in [0.2, 0.25) is 0 Å². The molecule has 0 bridgehead atoms. The molecule has 0 radical (unpaired) electrons. The molecular formula is C30H30Cl2N6O. The molecule has 0 fully saturated rings. The maximum absolute atomic E-state index is 12.9. The molecule has 200 valence electrons. The Kier molecular flexibility index (Phi) is 9.71. The molecule has 39 heavy (non-hydrogen) atoms. The van der Waals surface area contributed by atoms with Crippen LogP contribution in [0.1, 0.15) is 10.4 Å². The van der Waals surface area contributed by atoms with Gasteiger partial charge in [-0.05, 0) is 60.7 Å². The van der Waals surface area contributed by atoms with E-state index in [2.05, 4.69) is 38.0 Å². The summed E-state index contributed by atoms with van der Waals surface area (Å²) in [5.74, 6) is -0.166. The van der Waals surface area contributed by atoms with Crippen LogP contribution in [0.15, 0.2) is 104 Å². The topological polar surface area (TPSA) is 74.2 Å². The van der Waals surface area contributed by atoms with Crippen LogP contribution in [0.3, 0.4) is 0 Å². The highest BCUT2D eigenvalue weighted by atomic mass is 35.5. The van der Waals surface area contributed by atoms with Gasteiger partial charge in [0.1, 0.15) is 11.4 Å². The van der Waals surface area contributed by atoms with Crippen molar-refractivity contribution in [3.8, 4) is 0 Å². The molecule has 2 aromatic heterocycles. The Bertz CT molecular complexity index is 1560. The number of carbonyl (C=O) groups is 1. The number of hydrogen-bond acceptors (Lipinski definition) is 5. The van der Waals surface area contributed by atoms with Gasteiger partial charge in [0.05, 0.1) is 35.7 Å². The summed E-state index contributed by atoms with van der Waals surface area (Å²) in [6.07, 6.45) is 5.75. The van der Waals surface area contributed by atoms with Crippen molar-refractivity contribution < 1.29 is 17.2 Å². The van der Waals surface area contributed by atoms with E-state index in [1.54, 1.807) is 6.20 Å². The van der Waals surface area contributed by atoms with Crippen LogP contribution in [-0.4, -0.2) is 29.6 Å². The molecule has 0 unspecified atom stereocenters. The summed E-state index contributed by atoms with van der Waals surface area (Å²) < 4.78 is 1.98. The van der Waals surface area contributed by atoms with E-state index in [0.717, 1.165) is 45.0 Å². The van der Waals surface area contributed by atoms with E-state index in [0.29, 0.717) is 5.56 Å². The van der Waals surface area contributed by atoms with Gasteiger partial charge in [-0.1, -0.05) is 0 Å². The number of nitrogens with one attached hydrogen (secondary N) is 3. The van der Waals surface area contributed by atoms with Crippen molar-refractivity contribution in [2.75, 3.05) is 34.9 Å². The van der Waals surface area contributed by atoms with Gasteiger partial charge in [0.15, 0.2) is 0 Å². The van der Waals surface area contributed by atoms with E-state index in [4.69, 9.17) is 0 Å². The fraction of sp³-hybridized carbons (Fsp3) is 0.100. The molecule has 0 atom stereocenters. The Hall–Kier alpha value is -4.33. The van der Waals surface area contributed by atoms with Gasteiger partial charge < -0.3 is 27.9 Å². The molecule has 0 aliphatic rings. The number of rotatable bonds is 7. The van der Waals surface area contributed by atoms with Crippen molar-refractivity contribution in [2.24, 2.45) is 7.05 Å². The minimum atomic E-state index is -0.166. The van der Waals surface area contributed by atoms with Crippen LogP contribution < -0.4 is 33.3 Å². The molecule has 0 saturated carbocycles. The first-order chi connectivity index (χ1) is 17.9. The molecule has 0 saturated heterocycles. The number of nitrogens with zero attached hydrogens (tertiary/aromatic N) is 3. The first kappa shape index (κ1) is 29.2. The molecule has 5 aromatic rings. The van der Waals surface area contributed by atoms with Crippen LogP contribution in [0, 0.1) is 0 Å². The van der Waals surface area contributed by atoms with Gasteiger partial charge >= 0.3 is 0 Å². The number of fused-ring (bicyclic) bond motifs is 1. The highest BCUT2D eigenvalue weighted by Crippen LogP contribution is 2.29. The number of pyridine rings is 2. The van der Waals surface area contributed by atoms with Crippen molar-refractivity contribution >= 4 is 63.3 Å².